The number of nitrogens with one attached hydrogen (secondary N) is 2. The molecule has 0 unspecified atom stereocenters. The van der Waals surface area contributed by atoms with Crippen LogP contribution in [0.15, 0.2) is 36.4 Å². The summed E-state index contributed by atoms with van der Waals surface area (Å²) in [6.45, 7) is 0.429. The van der Waals surface area contributed by atoms with E-state index in [0.717, 1.165) is 5.56 Å². The second-order valence-corrected chi connectivity index (χ2v) is 5.56. The van der Waals surface area contributed by atoms with E-state index in [2.05, 4.69) is 10.6 Å². The Bertz CT molecular complexity index is 737. The van der Waals surface area contributed by atoms with E-state index in [1.807, 2.05) is 18.2 Å². The Kier molecular flexibility index (Phi) is 6.77. The predicted octanol–water partition coefficient (Wildman–Crippen LogP) is 3.73. The van der Waals surface area contributed by atoms with Crippen LogP contribution >= 0.6 is 11.6 Å². The molecule has 134 valence electrons. The van der Waals surface area contributed by atoms with Gasteiger partial charge in [0, 0.05) is 11.6 Å². The van der Waals surface area contributed by atoms with E-state index >= 15 is 0 Å². The van der Waals surface area contributed by atoms with E-state index in [1.165, 1.54) is 7.11 Å². The first-order valence-electron chi connectivity index (χ1n) is 7.67. The quantitative estimate of drug-likeness (QED) is 0.785. The monoisotopic (exact) mass is 364 g/mol. The highest BCUT2D eigenvalue weighted by Gasteiger charge is 2.11. The Morgan fingerprint density at radius 1 is 1.04 bits per heavy atom. The number of benzene rings is 2. The van der Waals surface area contributed by atoms with Gasteiger partial charge in [0.1, 0.15) is 5.75 Å². The predicted molar refractivity (Wildman–Crippen MR) is 98.3 cm³/mol. The number of hydrogen-bond acceptors (Lipinski definition) is 4. The summed E-state index contributed by atoms with van der Waals surface area (Å²) in [6.07, 6.45) is 0.598. The lowest BCUT2D eigenvalue weighted by Crippen LogP contribution is -2.30. The number of para-hydroxylation sites is 1. The molecule has 0 atom stereocenters. The van der Waals surface area contributed by atoms with Gasteiger partial charge in [-0.3, -0.25) is 0 Å². The van der Waals surface area contributed by atoms with Gasteiger partial charge in [-0.1, -0.05) is 23.7 Å². The molecule has 2 rings (SSSR count). The van der Waals surface area contributed by atoms with E-state index in [4.69, 9.17) is 25.8 Å². The van der Waals surface area contributed by atoms with Gasteiger partial charge in [0.2, 0.25) is 0 Å². The van der Waals surface area contributed by atoms with Crippen LogP contribution in [-0.4, -0.2) is 33.9 Å². The maximum Gasteiger partial charge on any atom is 0.319 e. The van der Waals surface area contributed by atoms with Gasteiger partial charge >= 0.3 is 6.03 Å². The fraction of sp³-hybridized carbons (Fsp3) is 0.278. The maximum absolute atomic E-state index is 12.1. The molecule has 0 fully saturated rings. The summed E-state index contributed by atoms with van der Waals surface area (Å²) in [6, 6.07) is 10.3. The fourth-order valence-electron chi connectivity index (χ4n) is 2.41. The number of carbonyl (C=O) groups is 1. The summed E-state index contributed by atoms with van der Waals surface area (Å²) in [4.78, 5) is 12.1. The highest BCUT2D eigenvalue weighted by atomic mass is 35.5. The molecule has 6 nitrogen and oxygen atoms in total. The Morgan fingerprint density at radius 2 is 1.80 bits per heavy atom. The topological polar surface area (TPSA) is 68.8 Å². The number of anilines is 1. The largest absolute Gasteiger partial charge is 0.495 e. The second-order valence-electron chi connectivity index (χ2n) is 5.13. The molecule has 0 radical (unpaired) electrons. The standard InChI is InChI=1S/C18H21ClN2O4/c1-23-15-8-7-13(19)11-14(15)21-18(22)20-10-9-12-5-4-6-16(24-2)17(12)25-3/h4-8,11H,9-10H2,1-3H3,(H2,20,21,22). The minimum atomic E-state index is -0.345. The first kappa shape index (κ1) is 18.7. The van der Waals surface area contributed by atoms with Crippen LogP contribution in [0.5, 0.6) is 17.2 Å². The molecule has 2 aromatic rings. The molecule has 25 heavy (non-hydrogen) atoms. The highest BCUT2D eigenvalue weighted by Crippen LogP contribution is 2.31. The van der Waals surface area contributed by atoms with Crippen LogP contribution in [0.3, 0.4) is 0 Å². The van der Waals surface area contributed by atoms with Gasteiger partial charge < -0.3 is 24.8 Å². The first-order chi connectivity index (χ1) is 12.1. The van der Waals surface area contributed by atoms with Gasteiger partial charge in [0.15, 0.2) is 11.5 Å². The fourth-order valence-corrected chi connectivity index (χ4v) is 2.58. The molecule has 7 heteroatoms. The van der Waals surface area contributed by atoms with Crippen LogP contribution in [0.4, 0.5) is 10.5 Å². The van der Waals surface area contributed by atoms with Crippen LogP contribution < -0.4 is 24.8 Å². The van der Waals surface area contributed by atoms with Crippen LogP contribution in [0.2, 0.25) is 5.02 Å². The third-order valence-electron chi connectivity index (χ3n) is 3.57. The molecule has 0 saturated heterocycles. The molecule has 2 aromatic carbocycles. The molecule has 0 aromatic heterocycles. The van der Waals surface area contributed by atoms with Gasteiger partial charge in [-0.15, -0.1) is 0 Å². The average Bonchev–Trinajstić information content (AvgIpc) is 2.61. The molecule has 0 aliphatic carbocycles. The number of rotatable bonds is 7. The zero-order chi connectivity index (χ0) is 18.2. The molecule has 0 bridgehead atoms. The lowest BCUT2D eigenvalue weighted by molar-refractivity contribution is 0.252. The Hall–Kier alpha value is -2.60. The number of urea groups is 1. The number of hydrogen-bond donors (Lipinski definition) is 2. The highest BCUT2D eigenvalue weighted by molar-refractivity contribution is 6.31. The van der Waals surface area contributed by atoms with Crippen molar-refractivity contribution in [3.05, 3.63) is 47.0 Å². The van der Waals surface area contributed by atoms with Crippen molar-refractivity contribution in [2.45, 2.75) is 6.42 Å². The van der Waals surface area contributed by atoms with Crippen LogP contribution in [0.25, 0.3) is 0 Å². The SMILES string of the molecule is COc1ccc(Cl)cc1NC(=O)NCCc1cccc(OC)c1OC. The van der Waals surface area contributed by atoms with Gasteiger partial charge in [0.05, 0.1) is 27.0 Å². The minimum Gasteiger partial charge on any atom is -0.495 e. The van der Waals surface area contributed by atoms with Crippen molar-refractivity contribution in [2.24, 2.45) is 0 Å². The molecule has 0 aliphatic rings. The summed E-state index contributed by atoms with van der Waals surface area (Å²) in [5, 5.41) is 6.03. The van der Waals surface area contributed by atoms with E-state index in [-0.39, 0.29) is 6.03 Å². The van der Waals surface area contributed by atoms with Crippen LogP contribution in [0, 0.1) is 0 Å². The van der Waals surface area contributed by atoms with Gasteiger partial charge in [-0.05, 0) is 36.2 Å². The molecule has 0 saturated carbocycles. The molecule has 2 amide bonds. The summed E-state index contributed by atoms with van der Waals surface area (Å²) in [5.74, 6) is 1.87. The minimum absolute atomic E-state index is 0.345. The van der Waals surface area contributed by atoms with E-state index in [1.54, 1.807) is 32.4 Å². The van der Waals surface area contributed by atoms with Crippen LogP contribution in [0.1, 0.15) is 5.56 Å². The van der Waals surface area contributed by atoms with Gasteiger partial charge in [-0.25, -0.2) is 4.79 Å². The molecular formula is C18H21ClN2O4. The Morgan fingerprint density at radius 3 is 2.48 bits per heavy atom. The van der Waals surface area contributed by atoms with Crippen LogP contribution in [-0.2, 0) is 6.42 Å². The van der Waals surface area contributed by atoms with E-state index in [0.29, 0.717) is 40.9 Å². The smallest absolute Gasteiger partial charge is 0.319 e. The lowest BCUT2D eigenvalue weighted by atomic mass is 10.1. The van der Waals surface area contributed by atoms with E-state index < -0.39 is 0 Å². The number of halogens is 1. The van der Waals surface area contributed by atoms with Crippen molar-refractivity contribution in [1.29, 1.82) is 0 Å². The number of amides is 2. The number of carbonyl (C=O) groups excluding carboxylic acids is 1. The molecule has 0 aliphatic heterocycles. The summed E-state index contributed by atoms with van der Waals surface area (Å²) >= 11 is 5.95. The number of methoxy groups -OCH3 is 3. The summed E-state index contributed by atoms with van der Waals surface area (Å²) < 4.78 is 15.8. The lowest BCUT2D eigenvalue weighted by Gasteiger charge is -2.14. The molecule has 0 spiro atoms. The van der Waals surface area contributed by atoms with Crippen molar-refractivity contribution in [3.63, 3.8) is 0 Å². The molecule has 2 N–H and O–H groups in total. The van der Waals surface area contributed by atoms with Crippen molar-refractivity contribution in [2.75, 3.05) is 33.2 Å². The zero-order valence-corrected chi connectivity index (χ0v) is 15.1. The second kappa shape index (κ2) is 9.03. The van der Waals surface area contributed by atoms with Crippen molar-refractivity contribution < 1.29 is 19.0 Å². The van der Waals surface area contributed by atoms with Crippen molar-refractivity contribution in [1.82, 2.24) is 5.32 Å². The molecular weight excluding hydrogens is 344 g/mol. The van der Waals surface area contributed by atoms with Crippen molar-refractivity contribution >= 4 is 23.3 Å². The van der Waals surface area contributed by atoms with Gasteiger partial charge in [-0.2, -0.15) is 0 Å². The average molecular weight is 365 g/mol. The Labute approximate surface area is 152 Å². The molecule has 0 heterocycles. The normalized spacial score (nSPS) is 10.1. The maximum atomic E-state index is 12.1. The third kappa shape index (κ3) is 4.93. The van der Waals surface area contributed by atoms with E-state index in [9.17, 15) is 4.79 Å². The number of ether oxygens (including phenoxy) is 3. The van der Waals surface area contributed by atoms with Gasteiger partial charge in [0.25, 0.3) is 0 Å². The third-order valence-corrected chi connectivity index (χ3v) is 3.81. The summed E-state index contributed by atoms with van der Waals surface area (Å²) in [7, 11) is 4.71. The zero-order valence-electron chi connectivity index (χ0n) is 14.4. The van der Waals surface area contributed by atoms with Crippen molar-refractivity contribution in [3.8, 4) is 17.2 Å². The summed E-state index contributed by atoms with van der Waals surface area (Å²) in [5.41, 5.74) is 1.45. The Balaban J connectivity index is 1.94. The first-order valence-corrected chi connectivity index (χ1v) is 8.05.